The van der Waals surface area contributed by atoms with E-state index in [1.165, 1.54) is 4.90 Å². The van der Waals surface area contributed by atoms with E-state index in [0.29, 0.717) is 50.5 Å². The monoisotopic (exact) mass is 509 g/mol. The smallest absolute Gasteiger partial charge is 0.415 e. The number of aryl methyl sites for hydroxylation is 1. The molecule has 0 unspecified atom stereocenters. The van der Waals surface area contributed by atoms with Crippen LogP contribution >= 0.6 is 0 Å². The van der Waals surface area contributed by atoms with Crippen molar-refractivity contribution in [2.24, 2.45) is 5.92 Å². The van der Waals surface area contributed by atoms with Crippen molar-refractivity contribution in [3.63, 3.8) is 0 Å². The number of ether oxygens (including phenoxy) is 3. The van der Waals surface area contributed by atoms with Gasteiger partial charge >= 0.3 is 12.1 Å². The van der Waals surface area contributed by atoms with Gasteiger partial charge in [-0.1, -0.05) is 42.5 Å². The largest absolute Gasteiger partial charge is 0.464 e. The second kappa shape index (κ2) is 12.6. The lowest BCUT2D eigenvalue weighted by Crippen LogP contribution is -2.44. The average Bonchev–Trinajstić information content (AvgIpc) is 3.35. The predicted molar refractivity (Wildman–Crippen MR) is 138 cm³/mol. The van der Waals surface area contributed by atoms with Crippen molar-refractivity contribution in [3.8, 4) is 5.75 Å². The molecule has 3 atom stereocenters. The number of carbonyl (C=O) groups excluding carboxylic acids is 2. The first-order valence-electron chi connectivity index (χ1n) is 12.7. The van der Waals surface area contributed by atoms with E-state index in [9.17, 15) is 9.59 Å². The molecule has 1 aromatic heterocycles. The first kappa shape index (κ1) is 26.6. The van der Waals surface area contributed by atoms with E-state index in [1.54, 1.807) is 17.8 Å². The summed E-state index contributed by atoms with van der Waals surface area (Å²) in [5, 5.41) is 13.8. The molecule has 1 aliphatic heterocycles. The van der Waals surface area contributed by atoms with Crippen LogP contribution in [0.3, 0.4) is 0 Å². The molecule has 1 aliphatic rings. The fourth-order valence-corrected chi connectivity index (χ4v) is 4.11. The van der Waals surface area contributed by atoms with Crippen LogP contribution in [-0.4, -0.2) is 70.8 Å². The van der Waals surface area contributed by atoms with E-state index in [4.69, 9.17) is 14.2 Å². The topological polar surface area (TPSA) is 108 Å². The number of carbonyl (C=O) groups is 2. The van der Waals surface area contributed by atoms with Crippen LogP contribution < -0.4 is 10.1 Å². The van der Waals surface area contributed by atoms with Gasteiger partial charge in [0.15, 0.2) is 0 Å². The van der Waals surface area contributed by atoms with Crippen LogP contribution in [0.5, 0.6) is 5.75 Å². The third-order valence-corrected chi connectivity index (χ3v) is 6.41. The maximum atomic E-state index is 12.9. The summed E-state index contributed by atoms with van der Waals surface area (Å²) in [5.74, 6) is 0.308. The molecule has 37 heavy (non-hydrogen) atoms. The van der Waals surface area contributed by atoms with Crippen molar-refractivity contribution in [1.82, 2.24) is 25.2 Å². The molecule has 0 spiro atoms. The minimum Gasteiger partial charge on any atom is -0.464 e. The number of fused-ring (bicyclic) bond motifs is 3. The standard InChI is InChI=1S/C27H35N5O5/c1-19-14-28-20(2)17-36-26(33)9-6-12-32-15-23(29-30-32)18-35-25(19)16-31(3)27(34)37-24-11-10-21-7-4-5-8-22(21)13-24/h4-5,7-8,10-11,13,15,19-20,25,28H,6,9,12,14,16-18H2,1-3H3/t19-,20-,25-/m1/s1. The summed E-state index contributed by atoms with van der Waals surface area (Å²) in [6.45, 7) is 6.09. The molecular weight excluding hydrogens is 474 g/mol. The Bertz CT molecular complexity index is 1200. The highest BCUT2D eigenvalue weighted by atomic mass is 16.6. The normalized spacial score (nSPS) is 21.8. The van der Waals surface area contributed by atoms with Gasteiger partial charge in [-0.25, -0.2) is 4.79 Å². The molecule has 1 amide bonds. The minimum atomic E-state index is -0.461. The zero-order chi connectivity index (χ0) is 26.2. The molecule has 0 fully saturated rings. The van der Waals surface area contributed by atoms with Crippen LogP contribution in [0.25, 0.3) is 10.8 Å². The number of likely N-dealkylation sites (N-methyl/N-ethyl adjacent to an activating group) is 1. The molecule has 4 rings (SSSR count). The molecule has 2 bridgehead atoms. The summed E-state index contributed by atoms with van der Waals surface area (Å²) in [7, 11) is 1.70. The molecular formula is C27H35N5O5. The van der Waals surface area contributed by atoms with Gasteiger partial charge in [0.25, 0.3) is 0 Å². The van der Waals surface area contributed by atoms with E-state index in [-0.39, 0.29) is 30.6 Å². The van der Waals surface area contributed by atoms with E-state index >= 15 is 0 Å². The Balaban J connectivity index is 1.41. The zero-order valence-electron chi connectivity index (χ0n) is 21.6. The van der Waals surface area contributed by atoms with E-state index in [2.05, 4.69) is 22.6 Å². The van der Waals surface area contributed by atoms with Gasteiger partial charge in [-0.05, 0) is 42.2 Å². The number of cyclic esters (lactones) is 1. The first-order chi connectivity index (χ1) is 17.9. The van der Waals surface area contributed by atoms with Gasteiger partial charge in [-0.15, -0.1) is 5.10 Å². The highest BCUT2D eigenvalue weighted by Crippen LogP contribution is 2.21. The summed E-state index contributed by atoms with van der Waals surface area (Å²) in [6, 6.07) is 13.5. The lowest BCUT2D eigenvalue weighted by atomic mass is 10.0. The Labute approximate surface area is 216 Å². The second-order valence-corrected chi connectivity index (χ2v) is 9.65. The minimum absolute atomic E-state index is 0.0109. The Morgan fingerprint density at radius 2 is 2.03 bits per heavy atom. The molecule has 2 aromatic carbocycles. The molecule has 2 heterocycles. The SMILES string of the molecule is C[C@@H]1COC(=O)CCCn2cc(nn2)CO[C@H](CN(C)C(=O)Oc2ccc3ccccc3c2)[C@H](C)CN1. The van der Waals surface area contributed by atoms with Crippen molar-refractivity contribution in [2.75, 3.05) is 26.7 Å². The number of benzene rings is 2. The van der Waals surface area contributed by atoms with Crippen molar-refractivity contribution in [2.45, 2.75) is 52.0 Å². The molecule has 0 radical (unpaired) electrons. The number of amides is 1. The number of aromatic nitrogens is 3. The van der Waals surface area contributed by atoms with Crippen LogP contribution in [0.4, 0.5) is 4.79 Å². The van der Waals surface area contributed by atoms with E-state index in [1.807, 2.05) is 49.5 Å². The Morgan fingerprint density at radius 1 is 1.22 bits per heavy atom. The van der Waals surface area contributed by atoms with Crippen LogP contribution in [0, 0.1) is 5.92 Å². The maximum absolute atomic E-state index is 12.9. The van der Waals surface area contributed by atoms with Gasteiger partial charge < -0.3 is 24.4 Å². The fourth-order valence-electron chi connectivity index (χ4n) is 4.11. The molecule has 0 aliphatic carbocycles. The summed E-state index contributed by atoms with van der Waals surface area (Å²) in [6.07, 6.45) is 2.01. The van der Waals surface area contributed by atoms with Gasteiger partial charge in [0.2, 0.25) is 0 Å². The number of nitrogens with one attached hydrogen (secondary N) is 1. The lowest BCUT2D eigenvalue weighted by Gasteiger charge is -2.29. The quantitative estimate of drug-likeness (QED) is 0.536. The summed E-state index contributed by atoms with van der Waals surface area (Å²) in [4.78, 5) is 26.4. The summed E-state index contributed by atoms with van der Waals surface area (Å²) >= 11 is 0. The molecule has 0 saturated heterocycles. The summed E-state index contributed by atoms with van der Waals surface area (Å²) < 4.78 is 19.0. The molecule has 198 valence electrons. The Hall–Kier alpha value is -3.50. The highest BCUT2D eigenvalue weighted by Gasteiger charge is 2.24. The third-order valence-electron chi connectivity index (χ3n) is 6.41. The lowest BCUT2D eigenvalue weighted by molar-refractivity contribution is -0.144. The van der Waals surface area contributed by atoms with Crippen LogP contribution in [-0.2, 0) is 27.4 Å². The first-order valence-corrected chi connectivity index (χ1v) is 12.7. The average molecular weight is 510 g/mol. The van der Waals surface area contributed by atoms with E-state index in [0.717, 1.165) is 10.8 Å². The summed E-state index contributed by atoms with van der Waals surface area (Å²) in [5.41, 5.74) is 0.689. The van der Waals surface area contributed by atoms with Gasteiger partial charge in [0.05, 0.1) is 25.5 Å². The highest BCUT2D eigenvalue weighted by molar-refractivity contribution is 5.84. The number of nitrogens with zero attached hydrogens (tertiary/aromatic N) is 4. The van der Waals surface area contributed by atoms with Crippen molar-refractivity contribution in [1.29, 1.82) is 0 Å². The van der Waals surface area contributed by atoms with Gasteiger partial charge in [0.1, 0.15) is 18.1 Å². The molecule has 3 aromatic rings. The third kappa shape index (κ3) is 7.74. The van der Waals surface area contributed by atoms with Gasteiger partial charge in [0, 0.05) is 32.6 Å². The van der Waals surface area contributed by atoms with Crippen molar-refractivity contribution < 1.29 is 23.8 Å². The number of hydrogen-bond donors (Lipinski definition) is 1. The van der Waals surface area contributed by atoms with E-state index < -0.39 is 6.09 Å². The molecule has 0 saturated carbocycles. The predicted octanol–water partition coefficient (Wildman–Crippen LogP) is 3.40. The van der Waals surface area contributed by atoms with Crippen molar-refractivity contribution in [3.05, 3.63) is 54.4 Å². The van der Waals surface area contributed by atoms with Gasteiger partial charge in [-0.2, -0.15) is 0 Å². The van der Waals surface area contributed by atoms with Crippen LogP contribution in [0.15, 0.2) is 48.7 Å². The van der Waals surface area contributed by atoms with Gasteiger partial charge in [-0.3, -0.25) is 9.48 Å². The maximum Gasteiger partial charge on any atom is 0.415 e. The Kier molecular flexibility index (Phi) is 9.08. The van der Waals surface area contributed by atoms with Crippen molar-refractivity contribution >= 4 is 22.8 Å². The number of hydrogen-bond acceptors (Lipinski definition) is 8. The number of rotatable bonds is 3. The zero-order valence-corrected chi connectivity index (χ0v) is 21.6. The van der Waals surface area contributed by atoms with Crippen LogP contribution in [0.2, 0.25) is 0 Å². The Morgan fingerprint density at radius 3 is 2.86 bits per heavy atom. The second-order valence-electron chi connectivity index (χ2n) is 9.65. The number of esters is 1. The van der Waals surface area contributed by atoms with Crippen LogP contribution in [0.1, 0.15) is 32.4 Å². The molecule has 10 heteroatoms. The molecule has 10 nitrogen and oxygen atoms in total. The molecule has 1 N–H and O–H groups in total. The fraction of sp³-hybridized carbons (Fsp3) is 0.481.